The quantitative estimate of drug-likeness (QED) is 0.772. The first kappa shape index (κ1) is 13.3. The van der Waals surface area contributed by atoms with Crippen molar-refractivity contribution in [3.8, 4) is 0 Å². The predicted octanol–water partition coefficient (Wildman–Crippen LogP) is 0.853. The number of nitrogens with one attached hydrogen (secondary N) is 2. The minimum absolute atomic E-state index is 0.0230. The van der Waals surface area contributed by atoms with Gasteiger partial charge in [-0.2, -0.15) is 0 Å². The van der Waals surface area contributed by atoms with Gasteiger partial charge in [-0.05, 0) is 26.0 Å². The summed E-state index contributed by atoms with van der Waals surface area (Å²) in [6.45, 7) is 3.77. The molecule has 2 amide bonds. The van der Waals surface area contributed by atoms with E-state index >= 15 is 0 Å². The molecule has 1 aromatic rings. The van der Waals surface area contributed by atoms with Gasteiger partial charge in [-0.1, -0.05) is 0 Å². The minimum atomic E-state index is -0.175. The van der Waals surface area contributed by atoms with Crippen molar-refractivity contribution in [2.45, 2.75) is 32.7 Å². The first-order chi connectivity index (χ1) is 8.08. The normalized spacial score (nSPS) is 10.3. The van der Waals surface area contributed by atoms with E-state index in [2.05, 4.69) is 10.6 Å². The van der Waals surface area contributed by atoms with E-state index in [1.807, 2.05) is 19.9 Å². The van der Waals surface area contributed by atoms with Crippen LogP contribution in [0, 0.1) is 0 Å². The topological polar surface area (TPSA) is 71.3 Å². The molecule has 0 saturated carbocycles. The van der Waals surface area contributed by atoms with Crippen molar-refractivity contribution in [3.05, 3.63) is 24.2 Å². The SMILES string of the molecule is CC(C)NC(=O)CNC(=O)CCc1ccco1. The van der Waals surface area contributed by atoms with E-state index in [0.717, 1.165) is 5.76 Å². The molecule has 2 N–H and O–H groups in total. The molecule has 0 saturated heterocycles. The third-order valence-corrected chi connectivity index (χ3v) is 2.07. The van der Waals surface area contributed by atoms with E-state index in [4.69, 9.17) is 4.42 Å². The van der Waals surface area contributed by atoms with Gasteiger partial charge in [0.2, 0.25) is 11.8 Å². The summed E-state index contributed by atoms with van der Waals surface area (Å²) in [5, 5.41) is 5.25. The van der Waals surface area contributed by atoms with Gasteiger partial charge in [0.1, 0.15) is 5.76 Å². The fourth-order valence-electron chi connectivity index (χ4n) is 1.33. The second kappa shape index (κ2) is 6.73. The lowest BCUT2D eigenvalue weighted by Gasteiger charge is -2.08. The van der Waals surface area contributed by atoms with Crippen LogP contribution in [0.5, 0.6) is 0 Å². The van der Waals surface area contributed by atoms with Crippen molar-refractivity contribution in [1.82, 2.24) is 10.6 Å². The number of hydrogen-bond donors (Lipinski definition) is 2. The van der Waals surface area contributed by atoms with E-state index in [9.17, 15) is 9.59 Å². The van der Waals surface area contributed by atoms with Gasteiger partial charge in [0.05, 0.1) is 12.8 Å². The average molecular weight is 238 g/mol. The maximum atomic E-state index is 11.4. The molecule has 0 aliphatic heterocycles. The summed E-state index contributed by atoms with van der Waals surface area (Å²) < 4.78 is 5.10. The molecule has 0 bridgehead atoms. The highest BCUT2D eigenvalue weighted by atomic mass is 16.3. The van der Waals surface area contributed by atoms with Gasteiger partial charge >= 0.3 is 0 Å². The van der Waals surface area contributed by atoms with Gasteiger partial charge in [-0.3, -0.25) is 9.59 Å². The molecule has 1 aromatic heterocycles. The van der Waals surface area contributed by atoms with Crippen LogP contribution >= 0.6 is 0 Å². The zero-order valence-electron chi connectivity index (χ0n) is 10.2. The summed E-state index contributed by atoms with van der Waals surface area (Å²) >= 11 is 0. The predicted molar refractivity (Wildman–Crippen MR) is 63.3 cm³/mol. The zero-order chi connectivity index (χ0) is 12.7. The molecule has 0 fully saturated rings. The average Bonchev–Trinajstić information content (AvgIpc) is 2.75. The summed E-state index contributed by atoms with van der Waals surface area (Å²) in [6, 6.07) is 3.68. The molecule has 0 aromatic carbocycles. The van der Waals surface area contributed by atoms with E-state index in [1.54, 1.807) is 12.3 Å². The van der Waals surface area contributed by atoms with Gasteiger partial charge in [0.25, 0.3) is 0 Å². The molecular weight excluding hydrogens is 220 g/mol. The fraction of sp³-hybridized carbons (Fsp3) is 0.500. The second-order valence-electron chi connectivity index (χ2n) is 4.08. The lowest BCUT2D eigenvalue weighted by molar-refractivity contribution is -0.126. The first-order valence-corrected chi connectivity index (χ1v) is 5.66. The molecule has 0 spiro atoms. The molecule has 0 atom stereocenters. The Bertz CT molecular complexity index is 358. The van der Waals surface area contributed by atoms with Crippen LogP contribution < -0.4 is 10.6 Å². The Balaban J connectivity index is 2.15. The number of furan rings is 1. The highest BCUT2D eigenvalue weighted by Crippen LogP contribution is 2.02. The van der Waals surface area contributed by atoms with Crippen molar-refractivity contribution < 1.29 is 14.0 Å². The van der Waals surface area contributed by atoms with Crippen molar-refractivity contribution >= 4 is 11.8 Å². The molecule has 1 heterocycles. The van der Waals surface area contributed by atoms with Crippen LogP contribution in [-0.4, -0.2) is 24.4 Å². The number of rotatable bonds is 6. The summed E-state index contributed by atoms with van der Waals surface area (Å²) in [4.78, 5) is 22.6. The van der Waals surface area contributed by atoms with Crippen LogP contribution in [-0.2, 0) is 16.0 Å². The van der Waals surface area contributed by atoms with Crippen LogP contribution in [0.2, 0.25) is 0 Å². The summed E-state index contributed by atoms with van der Waals surface area (Å²) in [5.74, 6) is 0.443. The highest BCUT2D eigenvalue weighted by molar-refractivity contribution is 5.84. The Morgan fingerprint density at radius 3 is 2.71 bits per heavy atom. The van der Waals surface area contributed by atoms with Crippen molar-refractivity contribution in [1.29, 1.82) is 0 Å². The van der Waals surface area contributed by atoms with Crippen molar-refractivity contribution in [2.24, 2.45) is 0 Å². The standard InChI is InChI=1S/C12H18N2O3/c1-9(2)14-12(16)8-13-11(15)6-5-10-4-3-7-17-10/h3-4,7,9H,5-6,8H2,1-2H3,(H,13,15)(H,14,16). The number of aryl methyl sites for hydroxylation is 1. The van der Waals surface area contributed by atoms with Crippen LogP contribution in [0.3, 0.4) is 0 Å². The van der Waals surface area contributed by atoms with E-state index in [0.29, 0.717) is 12.8 Å². The summed E-state index contributed by atoms with van der Waals surface area (Å²) in [6.07, 6.45) is 2.44. The summed E-state index contributed by atoms with van der Waals surface area (Å²) in [5.41, 5.74) is 0. The molecule has 17 heavy (non-hydrogen) atoms. The monoisotopic (exact) mass is 238 g/mol. The Morgan fingerprint density at radius 1 is 1.35 bits per heavy atom. The minimum Gasteiger partial charge on any atom is -0.469 e. The van der Waals surface area contributed by atoms with E-state index in [1.165, 1.54) is 0 Å². The van der Waals surface area contributed by atoms with E-state index in [-0.39, 0.29) is 24.4 Å². The molecule has 1 rings (SSSR count). The van der Waals surface area contributed by atoms with Crippen LogP contribution in [0.25, 0.3) is 0 Å². The molecule has 5 heteroatoms. The fourth-order valence-corrected chi connectivity index (χ4v) is 1.33. The van der Waals surface area contributed by atoms with Crippen LogP contribution in [0.4, 0.5) is 0 Å². The van der Waals surface area contributed by atoms with Crippen molar-refractivity contribution in [2.75, 3.05) is 6.54 Å². The lowest BCUT2D eigenvalue weighted by Crippen LogP contribution is -2.39. The van der Waals surface area contributed by atoms with Crippen LogP contribution in [0.15, 0.2) is 22.8 Å². The highest BCUT2D eigenvalue weighted by Gasteiger charge is 2.07. The second-order valence-corrected chi connectivity index (χ2v) is 4.08. The Morgan fingerprint density at radius 2 is 2.12 bits per heavy atom. The van der Waals surface area contributed by atoms with Gasteiger partial charge < -0.3 is 15.1 Å². The van der Waals surface area contributed by atoms with Crippen LogP contribution in [0.1, 0.15) is 26.0 Å². The first-order valence-electron chi connectivity index (χ1n) is 5.66. The number of carbonyl (C=O) groups is 2. The van der Waals surface area contributed by atoms with Gasteiger partial charge in [0, 0.05) is 18.9 Å². The zero-order valence-corrected chi connectivity index (χ0v) is 10.2. The van der Waals surface area contributed by atoms with E-state index < -0.39 is 0 Å². The maximum absolute atomic E-state index is 11.4. The molecular formula is C12H18N2O3. The molecule has 94 valence electrons. The molecule has 5 nitrogen and oxygen atoms in total. The maximum Gasteiger partial charge on any atom is 0.239 e. The summed E-state index contributed by atoms with van der Waals surface area (Å²) in [7, 11) is 0. The number of amides is 2. The third-order valence-electron chi connectivity index (χ3n) is 2.07. The smallest absolute Gasteiger partial charge is 0.239 e. The lowest BCUT2D eigenvalue weighted by atomic mass is 10.2. The largest absolute Gasteiger partial charge is 0.469 e. The molecule has 0 radical (unpaired) electrons. The van der Waals surface area contributed by atoms with Crippen molar-refractivity contribution in [3.63, 3.8) is 0 Å². The van der Waals surface area contributed by atoms with Gasteiger partial charge in [-0.25, -0.2) is 0 Å². The third kappa shape index (κ3) is 5.75. The van der Waals surface area contributed by atoms with Gasteiger partial charge in [-0.15, -0.1) is 0 Å². The Labute approximate surface area is 101 Å². The Kier molecular flexibility index (Phi) is 5.26. The molecule has 0 aliphatic carbocycles. The number of hydrogen-bond acceptors (Lipinski definition) is 3. The molecule has 0 aliphatic rings. The molecule has 0 unspecified atom stereocenters. The Hall–Kier alpha value is -1.78. The number of carbonyl (C=O) groups excluding carboxylic acids is 2. The van der Waals surface area contributed by atoms with Gasteiger partial charge in [0.15, 0.2) is 0 Å².